The molecule has 1 saturated carbocycles. The summed E-state index contributed by atoms with van der Waals surface area (Å²) in [6.45, 7) is 8.47. The number of piperidine rings is 1. The molecule has 2 atom stereocenters. The molecule has 2 rings (SSSR count). The number of hydrogen-bond donors (Lipinski definition) is 1. The standard InChI is InChI=1S/C15H31N3/c1-12(2)15(11-17(3)4)18-9-5-6-14(10-18)16-13-7-8-13/h12-16H,5-11H2,1-4H3. The average molecular weight is 253 g/mol. The van der Waals surface area contributed by atoms with E-state index < -0.39 is 0 Å². The van der Waals surface area contributed by atoms with Gasteiger partial charge >= 0.3 is 0 Å². The third-order valence-corrected chi connectivity index (χ3v) is 4.29. The minimum atomic E-state index is 0.712. The fraction of sp³-hybridized carbons (Fsp3) is 1.00. The molecule has 0 aromatic carbocycles. The fourth-order valence-electron chi connectivity index (χ4n) is 3.15. The van der Waals surface area contributed by atoms with Gasteiger partial charge in [-0.15, -0.1) is 0 Å². The highest BCUT2D eigenvalue weighted by molar-refractivity contribution is 4.90. The maximum absolute atomic E-state index is 3.81. The van der Waals surface area contributed by atoms with Crippen LogP contribution in [-0.2, 0) is 0 Å². The molecule has 0 aromatic rings. The van der Waals surface area contributed by atoms with Gasteiger partial charge in [-0.25, -0.2) is 0 Å². The van der Waals surface area contributed by atoms with Crippen LogP contribution in [0.4, 0.5) is 0 Å². The molecule has 1 heterocycles. The first-order valence-corrected chi connectivity index (χ1v) is 7.71. The van der Waals surface area contributed by atoms with E-state index in [4.69, 9.17) is 0 Å². The highest BCUT2D eigenvalue weighted by Crippen LogP contribution is 2.23. The first-order chi connectivity index (χ1) is 8.56. The fourth-order valence-corrected chi connectivity index (χ4v) is 3.15. The second-order valence-electron chi connectivity index (χ2n) is 6.85. The molecule has 0 amide bonds. The van der Waals surface area contributed by atoms with Crippen LogP contribution in [0.25, 0.3) is 0 Å². The molecule has 2 fully saturated rings. The van der Waals surface area contributed by atoms with Crippen molar-refractivity contribution in [1.29, 1.82) is 0 Å². The van der Waals surface area contributed by atoms with E-state index in [0.29, 0.717) is 6.04 Å². The Hall–Kier alpha value is -0.120. The molecule has 3 heteroatoms. The van der Waals surface area contributed by atoms with Gasteiger partial charge in [0.1, 0.15) is 0 Å². The zero-order valence-electron chi connectivity index (χ0n) is 12.7. The number of nitrogens with one attached hydrogen (secondary N) is 1. The Labute approximate surface area is 113 Å². The van der Waals surface area contributed by atoms with Crippen LogP contribution in [0.3, 0.4) is 0 Å². The lowest BCUT2D eigenvalue weighted by molar-refractivity contribution is 0.0873. The van der Waals surface area contributed by atoms with Crippen LogP contribution in [0.15, 0.2) is 0 Å². The van der Waals surface area contributed by atoms with Crippen molar-refractivity contribution in [3.05, 3.63) is 0 Å². The largest absolute Gasteiger partial charge is 0.310 e. The molecule has 106 valence electrons. The Bertz CT molecular complexity index is 248. The van der Waals surface area contributed by atoms with Gasteiger partial charge in [0.15, 0.2) is 0 Å². The highest BCUT2D eigenvalue weighted by atomic mass is 15.2. The Morgan fingerprint density at radius 2 is 1.89 bits per heavy atom. The topological polar surface area (TPSA) is 18.5 Å². The van der Waals surface area contributed by atoms with Crippen LogP contribution >= 0.6 is 0 Å². The van der Waals surface area contributed by atoms with Gasteiger partial charge < -0.3 is 10.2 Å². The van der Waals surface area contributed by atoms with Gasteiger partial charge in [-0.05, 0) is 52.2 Å². The first kappa shape index (κ1) is 14.3. The summed E-state index contributed by atoms with van der Waals surface area (Å²) in [5, 5.41) is 3.81. The van der Waals surface area contributed by atoms with Crippen molar-refractivity contribution in [2.45, 2.75) is 57.7 Å². The molecule has 1 saturated heterocycles. The Kier molecular flexibility index (Phi) is 5.05. The van der Waals surface area contributed by atoms with Crippen molar-refractivity contribution in [3.63, 3.8) is 0 Å². The van der Waals surface area contributed by atoms with Gasteiger partial charge in [0.05, 0.1) is 0 Å². The van der Waals surface area contributed by atoms with Crippen molar-refractivity contribution in [1.82, 2.24) is 15.1 Å². The summed E-state index contributed by atoms with van der Waals surface area (Å²) < 4.78 is 0. The number of nitrogens with zero attached hydrogens (tertiary/aromatic N) is 2. The van der Waals surface area contributed by atoms with Crippen LogP contribution in [0, 0.1) is 5.92 Å². The van der Waals surface area contributed by atoms with Crippen LogP contribution in [0.5, 0.6) is 0 Å². The molecule has 1 N–H and O–H groups in total. The Morgan fingerprint density at radius 3 is 2.44 bits per heavy atom. The van der Waals surface area contributed by atoms with Crippen LogP contribution in [0.2, 0.25) is 0 Å². The van der Waals surface area contributed by atoms with E-state index in [1.165, 1.54) is 45.3 Å². The molecular formula is C15H31N3. The molecule has 2 unspecified atom stereocenters. The summed E-state index contributed by atoms with van der Waals surface area (Å²) in [5.41, 5.74) is 0. The smallest absolute Gasteiger partial charge is 0.0246 e. The summed E-state index contributed by atoms with van der Waals surface area (Å²) in [5.74, 6) is 0.743. The lowest BCUT2D eigenvalue weighted by Gasteiger charge is -2.41. The summed E-state index contributed by atoms with van der Waals surface area (Å²) in [7, 11) is 4.39. The summed E-state index contributed by atoms with van der Waals surface area (Å²) in [6, 6.07) is 2.31. The van der Waals surface area contributed by atoms with E-state index in [9.17, 15) is 0 Å². The van der Waals surface area contributed by atoms with Gasteiger partial charge in [0.2, 0.25) is 0 Å². The number of rotatable bonds is 6. The normalized spacial score (nSPS) is 28.0. The third-order valence-electron chi connectivity index (χ3n) is 4.29. The monoisotopic (exact) mass is 253 g/mol. The van der Waals surface area contributed by atoms with Crippen molar-refractivity contribution in [2.24, 2.45) is 5.92 Å². The quantitative estimate of drug-likeness (QED) is 0.778. The molecule has 1 aliphatic heterocycles. The first-order valence-electron chi connectivity index (χ1n) is 7.71. The lowest BCUT2D eigenvalue weighted by Crippen LogP contribution is -2.54. The molecule has 18 heavy (non-hydrogen) atoms. The number of likely N-dealkylation sites (N-methyl/N-ethyl adjacent to an activating group) is 1. The van der Waals surface area contributed by atoms with Crippen LogP contribution in [-0.4, -0.2) is 61.7 Å². The van der Waals surface area contributed by atoms with E-state index in [2.05, 4.69) is 43.1 Å². The van der Waals surface area contributed by atoms with E-state index in [1.807, 2.05) is 0 Å². The van der Waals surface area contributed by atoms with Gasteiger partial charge in [-0.1, -0.05) is 13.8 Å². The average Bonchev–Trinajstić information content (AvgIpc) is 3.09. The summed E-state index contributed by atoms with van der Waals surface area (Å²) in [4.78, 5) is 5.07. The molecular weight excluding hydrogens is 222 g/mol. The zero-order chi connectivity index (χ0) is 13.1. The maximum atomic E-state index is 3.81. The second-order valence-corrected chi connectivity index (χ2v) is 6.85. The molecule has 1 aliphatic carbocycles. The molecule has 0 aromatic heterocycles. The van der Waals surface area contributed by atoms with Crippen molar-refractivity contribution < 1.29 is 0 Å². The summed E-state index contributed by atoms with van der Waals surface area (Å²) >= 11 is 0. The second kappa shape index (κ2) is 6.36. The Morgan fingerprint density at radius 1 is 1.17 bits per heavy atom. The van der Waals surface area contributed by atoms with Crippen LogP contribution in [0.1, 0.15) is 39.5 Å². The van der Waals surface area contributed by atoms with Crippen molar-refractivity contribution >= 4 is 0 Å². The Balaban J connectivity index is 1.87. The SMILES string of the molecule is CC(C)C(CN(C)C)N1CCCC(NC2CC2)C1. The van der Waals surface area contributed by atoms with Gasteiger partial charge in [0.25, 0.3) is 0 Å². The van der Waals surface area contributed by atoms with Crippen LogP contribution < -0.4 is 5.32 Å². The van der Waals surface area contributed by atoms with E-state index in [-0.39, 0.29) is 0 Å². The van der Waals surface area contributed by atoms with Crippen molar-refractivity contribution in [3.8, 4) is 0 Å². The van der Waals surface area contributed by atoms with Gasteiger partial charge in [0, 0.05) is 31.2 Å². The third kappa shape index (κ3) is 4.22. The van der Waals surface area contributed by atoms with E-state index in [1.54, 1.807) is 0 Å². The summed E-state index contributed by atoms with van der Waals surface area (Å²) in [6.07, 6.45) is 5.55. The minimum absolute atomic E-state index is 0.712. The lowest BCUT2D eigenvalue weighted by atomic mass is 9.97. The molecule has 0 radical (unpaired) electrons. The highest BCUT2D eigenvalue weighted by Gasteiger charge is 2.31. The predicted molar refractivity (Wildman–Crippen MR) is 77.9 cm³/mol. The van der Waals surface area contributed by atoms with Crippen molar-refractivity contribution in [2.75, 3.05) is 33.7 Å². The molecule has 0 spiro atoms. The molecule has 2 aliphatic rings. The number of hydrogen-bond acceptors (Lipinski definition) is 3. The maximum Gasteiger partial charge on any atom is 0.0246 e. The van der Waals surface area contributed by atoms with E-state index >= 15 is 0 Å². The van der Waals surface area contributed by atoms with E-state index in [0.717, 1.165) is 18.0 Å². The van der Waals surface area contributed by atoms with Gasteiger partial charge in [-0.3, -0.25) is 4.90 Å². The number of likely N-dealkylation sites (tertiary alicyclic amines) is 1. The molecule has 0 bridgehead atoms. The zero-order valence-corrected chi connectivity index (χ0v) is 12.7. The minimum Gasteiger partial charge on any atom is -0.310 e. The molecule has 3 nitrogen and oxygen atoms in total. The van der Waals surface area contributed by atoms with Gasteiger partial charge in [-0.2, -0.15) is 0 Å². The predicted octanol–water partition coefficient (Wildman–Crippen LogP) is 1.79.